The molecule has 0 atom stereocenters. The van der Waals surface area contributed by atoms with E-state index < -0.39 is 6.43 Å². The van der Waals surface area contributed by atoms with Crippen molar-refractivity contribution in [3.63, 3.8) is 0 Å². The number of hydrogen-bond donors (Lipinski definition) is 0. The van der Waals surface area contributed by atoms with Gasteiger partial charge in [0.2, 0.25) is 0 Å². The van der Waals surface area contributed by atoms with Crippen LogP contribution in [0.4, 0.5) is 8.78 Å². The molecule has 0 saturated heterocycles. The summed E-state index contributed by atoms with van der Waals surface area (Å²) in [6, 6.07) is 1.73. The number of aryl methyl sites for hydroxylation is 1. The van der Waals surface area contributed by atoms with Gasteiger partial charge in [-0.1, -0.05) is 15.9 Å². The normalized spacial score (nSPS) is 10.9. The van der Waals surface area contributed by atoms with Crippen molar-refractivity contribution in [1.82, 2.24) is 4.98 Å². The molecule has 1 aromatic rings. The highest BCUT2D eigenvalue weighted by Gasteiger charge is 2.14. The Bertz CT molecular complexity index is 317. The van der Waals surface area contributed by atoms with E-state index in [1.807, 2.05) is 0 Å². The largest absolute Gasteiger partial charge is 0.280 e. The number of nitrogens with zero attached hydrogens (tertiary/aromatic N) is 1. The number of pyridine rings is 1. The third kappa shape index (κ3) is 2.59. The standard InChI is InChI=1S/C8H7BrF2IN/c1-4-2-5(12)6(3-9)13-7(4)8(10)11/h2,8H,3H2,1H3. The van der Waals surface area contributed by atoms with Crippen molar-refractivity contribution in [3.8, 4) is 0 Å². The second-order valence-electron chi connectivity index (χ2n) is 2.55. The second kappa shape index (κ2) is 4.63. The zero-order valence-corrected chi connectivity index (χ0v) is 10.6. The van der Waals surface area contributed by atoms with Gasteiger partial charge in [-0.15, -0.1) is 0 Å². The van der Waals surface area contributed by atoms with Crippen LogP contribution < -0.4 is 0 Å². The second-order valence-corrected chi connectivity index (χ2v) is 4.28. The van der Waals surface area contributed by atoms with E-state index in [4.69, 9.17) is 0 Å². The fourth-order valence-electron chi connectivity index (χ4n) is 0.949. The van der Waals surface area contributed by atoms with Crippen molar-refractivity contribution < 1.29 is 8.78 Å². The third-order valence-corrected chi connectivity index (χ3v) is 3.08. The topological polar surface area (TPSA) is 12.9 Å². The van der Waals surface area contributed by atoms with Crippen molar-refractivity contribution in [2.75, 3.05) is 0 Å². The molecule has 0 N–H and O–H groups in total. The number of hydrogen-bond acceptors (Lipinski definition) is 1. The molecule has 0 spiro atoms. The number of rotatable bonds is 2. The van der Waals surface area contributed by atoms with Crippen LogP contribution in [0, 0.1) is 10.5 Å². The molecule has 13 heavy (non-hydrogen) atoms. The van der Waals surface area contributed by atoms with E-state index in [2.05, 4.69) is 43.5 Å². The van der Waals surface area contributed by atoms with E-state index >= 15 is 0 Å². The Morgan fingerprint density at radius 1 is 1.62 bits per heavy atom. The first-order chi connectivity index (χ1) is 6.06. The molecule has 1 rings (SSSR count). The predicted molar refractivity (Wildman–Crippen MR) is 59.3 cm³/mol. The fourth-order valence-corrected chi connectivity index (χ4v) is 2.68. The first-order valence-electron chi connectivity index (χ1n) is 3.56. The molecule has 5 heteroatoms. The van der Waals surface area contributed by atoms with Crippen LogP contribution in [0.2, 0.25) is 0 Å². The maximum Gasteiger partial charge on any atom is 0.280 e. The molecule has 0 amide bonds. The minimum Gasteiger partial charge on any atom is -0.250 e. The van der Waals surface area contributed by atoms with Crippen LogP contribution in [0.3, 0.4) is 0 Å². The monoisotopic (exact) mass is 361 g/mol. The van der Waals surface area contributed by atoms with Gasteiger partial charge in [0.25, 0.3) is 6.43 Å². The van der Waals surface area contributed by atoms with Crippen LogP contribution in [0.25, 0.3) is 0 Å². The molecule has 72 valence electrons. The van der Waals surface area contributed by atoms with Gasteiger partial charge in [-0.3, -0.25) is 0 Å². The fraction of sp³-hybridized carbons (Fsp3) is 0.375. The van der Waals surface area contributed by atoms with Crippen molar-refractivity contribution in [1.29, 1.82) is 0 Å². The Morgan fingerprint density at radius 2 is 2.23 bits per heavy atom. The lowest BCUT2D eigenvalue weighted by molar-refractivity contribution is 0.145. The molecular formula is C8H7BrF2IN. The smallest absolute Gasteiger partial charge is 0.250 e. The van der Waals surface area contributed by atoms with Crippen molar-refractivity contribution in [2.45, 2.75) is 18.7 Å². The lowest BCUT2D eigenvalue weighted by Crippen LogP contribution is -2.00. The summed E-state index contributed by atoms with van der Waals surface area (Å²) >= 11 is 5.29. The first kappa shape index (κ1) is 11.3. The molecule has 0 saturated carbocycles. The predicted octanol–water partition coefficient (Wildman–Crippen LogP) is 3.83. The molecular weight excluding hydrogens is 355 g/mol. The Labute approximate surface area is 97.2 Å². The minimum atomic E-state index is -2.49. The highest BCUT2D eigenvalue weighted by atomic mass is 127. The van der Waals surface area contributed by atoms with Gasteiger partial charge < -0.3 is 0 Å². The third-order valence-electron chi connectivity index (χ3n) is 1.61. The van der Waals surface area contributed by atoms with Gasteiger partial charge in [-0.25, -0.2) is 13.8 Å². The molecule has 0 unspecified atom stereocenters. The van der Waals surface area contributed by atoms with Gasteiger partial charge in [-0.05, 0) is 41.1 Å². The van der Waals surface area contributed by atoms with Gasteiger partial charge in [0.1, 0.15) is 5.69 Å². The Hall–Kier alpha value is 0.220. The van der Waals surface area contributed by atoms with E-state index in [0.29, 0.717) is 16.6 Å². The summed E-state index contributed by atoms with van der Waals surface area (Å²) in [7, 11) is 0. The molecule has 0 fully saturated rings. The van der Waals surface area contributed by atoms with E-state index in [-0.39, 0.29) is 5.69 Å². The van der Waals surface area contributed by atoms with E-state index in [1.165, 1.54) is 0 Å². The van der Waals surface area contributed by atoms with Gasteiger partial charge in [0.05, 0.1) is 5.69 Å². The van der Waals surface area contributed by atoms with Crippen LogP contribution >= 0.6 is 38.5 Å². The van der Waals surface area contributed by atoms with Gasteiger partial charge in [0.15, 0.2) is 0 Å². The van der Waals surface area contributed by atoms with Crippen molar-refractivity contribution in [2.24, 2.45) is 0 Å². The molecule has 0 aliphatic heterocycles. The quantitative estimate of drug-likeness (QED) is 0.576. The van der Waals surface area contributed by atoms with Crippen LogP contribution in [0.15, 0.2) is 6.07 Å². The average molecular weight is 362 g/mol. The Kier molecular flexibility index (Phi) is 4.03. The highest BCUT2D eigenvalue weighted by molar-refractivity contribution is 14.1. The lowest BCUT2D eigenvalue weighted by atomic mass is 10.2. The van der Waals surface area contributed by atoms with Crippen molar-refractivity contribution >= 4 is 38.5 Å². The minimum absolute atomic E-state index is 0.116. The zero-order valence-electron chi connectivity index (χ0n) is 6.82. The van der Waals surface area contributed by atoms with Gasteiger partial charge >= 0.3 is 0 Å². The van der Waals surface area contributed by atoms with E-state index in [0.717, 1.165) is 3.57 Å². The summed E-state index contributed by atoms with van der Waals surface area (Å²) in [5, 5.41) is 0.505. The summed E-state index contributed by atoms with van der Waals surface area (Å²) in [6.07, 6.45) is -2.49. The lowest BCUT2D eigenvalue weighted by Gasteiger charge is -2.07. The maximum atomic E-state index is 12.4. The molecule has 0 radical (unpaired) electrons. The van der Waals surface area contributed by atoms with Crippen LogP contribution in [-0.2, 0) is 5.33 Å². The summed E-state index contributed by atoms with van der Waals surface area (Å²) < 4.78 is 25.7. The van der Waals surface area contributed by atoms with Gasteiger partial charge in [-0.2, -0.15) is 0 Å². The highest BCUT2D eigenvalue weighted by Crippen LogP contribution is 2.24. The Balaban J connectivity index is 3.22. The van der Waals surface area contributed by atoms with Crippen LogP contribution in [0.5, 0.6) is 0 Å². The Morgan fingerprint density at radius 3 is 2.69 bits per heavy atom. The van der Waals surface area contributed by atoms with Crippen molar-refractivity contribution in [3.05, 3.63) is 26.6 Å². The molecule has 0 bridgehead atoms. The molecule has 1 aromatic heterocycles. The molecule has 0 aliphatic carbocycles. The number of alkyl halides is 3. The number of aromatic nitrogens is 1. The van der Waals surface area contributed by atoms with E-state index in [9.17, 15) is 8.78 Å². The van der Waals surface area contributed by atoms with Crippen LogP contribution in [0.1, 0.15) is 23.4 Å². The van der Waals surface area contributed by atoms with Gasteiger partial charge in [0, 0.05) is 8.90 Å². The summed E-state index contributed by atoms with van der Waals surface area (Å²) in [4.78, 5) is 3.89. The summed E-state index contributed by atoms with van der Waals surface area (Å²) in [5.74, 6) is 0. The summed E-state index contributed by atoms with van der Waals surface area (Å²) in [6.45, 7) is 1.65. The summed E-state index contributed by atoms with van der Waals surface area (Å²) in [5.41, 5.74) is 1.10. The molecule has 0 aliphatic rings. The number of halogens is 4. The first-order valence-corrected chi connectivity index (χ1v) is 5.76. The molecule has 0 aromatic carbocycles. The molecule has 1 heterocycles. The molecule has 1 nitrogen and oxygen atoms in total. The SMILES string of the molecule is Cc1cc(I)c(CBr)nc1C(F)F. The average Bonchev–Trinajstić information content (AvgIpc) is 2.03. The maximum absolute atomic E-state index is 12.4. The van der Waals surface area contributed by atoms with E-state index in [1.54, 1.807) is 13.0 Å². The zero-order chi connectivity index (χ0) is 10.0. The van der Waals surface area contributed by atoms with Crippen LogP contribution in [-0.4, -0.2) is 4.98 Å².